The molecule has 0 bridgehead atoms. The molecule has 1 aromatic carbocycles. The number of aromatic nitrogens is 2. The van der Waals surface area contributed by atoms with Crippen molar-refractivity contribution in [3.63, 3.8) is 0 Å². The van der Waals surface area contributed by atoms with Gasteiger partial charge in [-0.15, -0.1) is 10.2 Å². The van der Waals surface area contributed by atoms with Gasteiger partial charge in [0.15, 0.2) is 10.1 Å². The van der Waals surface area contributed by atoms with Crippen LogP contribution in [-0.2, 0) is 0 Å². The van der Waals surface area contributed by atoms with Crippen molar-refractivity contribution in [3.8, 4) is 5.75 Å². The Hall–Kier alpha value is -1.12. The summed E-state index contributed by atoms with van der Waals surface area (Å²) in [5, 5.41) is 11.7. The van der Waals surface area contributed by atoms with E-state index in [4.69, 9.17) is 4.74 Å². The van der Waals surface area contributed by atoms with Gasteiger partial charge in [0, 0.05) is 5.56 Å². The molecule has 0 unspecified atom stereocenters. The molecule has 0 aliphatic rings. The van der Waals surface area contributed by atoms with E-state index in [1.54, 1.807) is 37.1 Å². The highest BCUT2D eigenvalue weighted by Gasteiger charge is 2.10. The smallest absolute Gasteiger partial charge is 0.206 e. The molecule has 0 spiro atoms. The van der Waals surface area contributed by atoms with E-state index in [1.165, 1.54) is 11.3 Å². The van der Waals surface area contributed by atoms with Crippen molar-refractivity contribution in [2.45, 2.75) is 11.3 Å². The summed E-state index contributed by atoms with van der Waals surface area (Å²) in [5.41, 5.74) is 0.614. The summed E-state index contributed by atoms with van der Waals surface area (Å²) in [5.74, 6) is 1.64. The molecule has 0 saturated heterocycles. The van der Waals surface area contributed by atoms with Gasteiger partial charge in [0.2, 0.25) is 5.13 Å². The number of anilines is 1. The summed E-state index contributed by atoms with van der Waals surface area (Å²) in [7, 11) is 1.59. The van der Waals surface area contributed by atoms with E-state index in [0.717, 1.165) is 14.6 Å². The second kappa shape index (κ2) is 7.77. The molecule has 0 aliphatic carbocycles. The molecule has 0 amide bonds. The Morgan fingerprint density at radius 1 is 1.48 bits per heavy atom. The van der Waals surface area contributed by atoms with Crippen molar-refractivity contribution in [2.24, 2.45) is 0 Å². The Bertz CT molecular complexity index is 634. The first-order valence-corrected chi connectivity index (χ1v) is 8.80. The minimum atomic E-state index is -0.0155. The molecule has 0 saturated carbocycles. The van der Waals surface area contributed by atoms with E-state index in [2.05, 4.69) is 38.4 Å². The van der Waals surface area contributed by atoms with Gasteiger partial charge in [-0.3, -0.25) is 4.79 Å². The zero-order valence-corrected chi connectivity index (χ0v) is 14.8. The van der Waals surface area contributed by atoms with Gasteiger partial charge in [-0.1, -0.05) is 30.0 Å². The Labute approximate surface area is 139 Å². The lowest BCUT2D eigenvalue weighted by molar-refractivity contribution is 0.101. The van der Waals surface area contributed by atoms with Gasteiger partial charge in [-0.25, -0.2) is 0 Å². The highest BCUT2D eigenvalue weighted by molar-refractivity contribution is 9.10. The van der Waals surface area contributed by atoms with Gasteiger partial charge in [0.25, 0.3) is 0 Å². The number of hydrogen-bond donors (Lipinski definition) is 1. The molecular formula is C13H14BrN3O2S2. The summed E-state index contributed by atoms with van der Waals surface area (Å²) >= 11 is 6.46. The minimum Gasteiger partial charge on any atom is -0.496 e. The fraction of sp³-hybridized carbons (Fsp3) is 0.308. The van der Waals surface area contributed by atoms with Gasteiger partial charge < -0.3 is 10.1 Å². The van der Waals surface area contributed by atoms with Crippen LogP contribution in [0.3, 0.4) is 0 Å². The number of benzene rings is 1. The molecule has 1 aromatic heterocycles. The normalized spacial score (nSPS) is 10.4. The predicted octanol–water partition coefficient (Wildman–Crippen LogP) is 3.72. The topological polar surface area (TPSA) is 64.1 Å². The fourth-order valence-corrected chi connectivity index (χ4v) is 3.75. The highest BCUT2D eigenvalue weighted by atomic mass is 79.9. The SMILES string of the molecule is CCSc1nnc(NCC(=O)c2ccc(OC)c(Br)c2)s1. The molecule has 2 rings (SSSR count). The number of Topliss-reactive ketones (excluding diaryl/α,β-unsaturated/α-hetero) is 1. The second-order valence-electron chi connectivity index (χ2n) is 3.93. The number of carbonyl (C=O) groups excluding carboxylic acids is 1. The maximum atomic E-state index is 12.1. The molecule has 8 heteroatoms. The Morgan fingerprint density at radius 2 is 2.29 bits per heavy atom. The molecule has 0 aliphatic heterocycles. The molecule has 21 heavy (non-hydrogen) atoms. The van der Waals surface area contributed by atoms with Crippen molar-refractivity contribution in [2.75, 3.05) is 24.7 Å². The second-order valence-corrected chi connectivity index (χ2v) is 7.28. The average Bonchev–Trinajstić information content (AvgIpc) is 2.93. The number of hydrogen-bond acceptors (Lipinski definition) is 7. The van der Waals surface area contributed by atoms with Gasteiger partial charge in [-0.05, 0) is 39.9 Å². The number of ketones is 1. The Morgan fingerprint density at radius 3 is 2.95 bits per heavy atom. The zero-order chi connectivity index (χ0) is 15.2. The van der Waals surface area contributed by atoms with Crippen molar-refractivity contribution in [1.82, 2.24) is 10.2 Å². The lowest BCUT2D eigenvalue weighted by atomic mass is 10.1. The number of nitrogens with zero attached hydrogens (tertiary/aromatic N) is 2. The molecule has 0 radical (unpaired) electrons. The van der Waals surface area contributed by atoms with Crippen molar-refractivity contribution in [1.29, 1.82) is 0 Å². The average molecular weight is 388 g/mol. The van der Waals surface area contributed by atoms with E-state index in [-0.39, 0.29) is 12.3 Å². The Kier molecular flexibility index (Phi) is 6.01. The van der Waals surface area contributed by atoms with Crippen LogP contribution < -0.4 is 10.1 Å². The maximum Gasteiger partial charge on any atom is 0.206 e. The zero-order valence-electron chi connectivity index (χ0n) is 11.6. The monoisotopic (exact) mass is 387 g/mol. The molecule has 2 aromatic rings. The molecule has 5 nitrogen and oxygen atoms in total. The molecule has 0 fully saturated rings. The summed E-state index contributed by atoms with van der Waals surface area (Å²) in [6, 6.07) is 5.26. The van der Waals surface area contributed by atoms with E-state index in [0.29, 0.717) is 16.4 Å². The van der Waals surface area contributed by atoms with Crippen LogP contribution >= 0.6 is 39.0 Å². The van der Waals surface area contributed by atoms with Gasteiger partial charge in [0.05, 0.1) is 18.1 Å². The van der Waals surface area contributed by atoms with Crippen molar-refractivity contribution >= 4 is 49.9 Å². The van der Waals surface area contributed by atoms with Crippen molar-refractivity contribution < 1.29 is 9.53 Å². The third kappa shape index (κ3) is 4.42. The van der Waals surface area contributed by atoms with Crippen LogP contribution in [0.15, 0.2) is 27.0 Å². The third-order valence-electron chi connectivity index (χ3n) is 2.55. The standard InChI is InChI=1S/C13H14BrN3O2S2/c1-3-20-13-17-16-12(21-13)15-7-10(18)8-4-5-11(19-2)9(14)6-8/h4-6H,3,7H2,1-2H3,(H,15,16). The van der Waals surface area contributed by atoms with Crippen LogP contribution in [-0.4, -0.2) is 35.4 Å². The van der Waals surface area contributed by atoms with Gasteiger partial charge in [-0.2, -0.15) is 0 Å². The van der Waals surface area contributed by atoms with Crippen molar-refractivity contribution in [3.05, 3.63) is 28.2 Å². The quantitative estimate of drug-likeness (QED) is 0.576. The first kappa shape index (κ1) is 16.3. The minimum absolute atomic E-state index is 0.0155. The molecule has 1 heterocycles. The van der Waals surface area contributed by atoms with Gasteiger partial charge >= 0.3 is 0 Å². The largest absolute Gasteiger partial charge is 0.496 e. The van der Waals surface area contributed by atoms with E-state index < -0.39 is 0 Å². The molecular weight excluding hydrogens is 374 g/mol. The summed E-state index contributed by atoms with van der Waals surface area (Å²) in [4.78, 5) is 12.1. The van der Waals surface area contributed by atoms with Gasteiger partial charge in [0.1, 0.15) is 5.75 Å². The van der Waals surface area contributed by atoms with Crippen LogP contribution in [0.2, 0.25) is 0 Å². The molecule has 112 valence electrons. The number of ether oxygens (including phenoxy) is 1. The number of nitrogens with one attached hydrogen (secondary N) is 1. The highest BCUT2D eigenvalue weighted by Crippen LogP contribution is 2.26. The first-order valence-electron chi connectivity index (χ1n) is 6.21. The van der Waals surface area contributed by atoms with Crippen LogP contribution in [0.25, 0.3) is 0 Å². The lowest BCUT2D eigenvalue weighted by Crippen LogP contribution is -2.13. The van der Waals surface area contributed by atoms with Crippen LogP contribution in [0.4, 0.5) is 5.13 Å². The first-order chi connectivity index (χ1) is 10.1. The summed E-state index contributed by atoms with van der Waals surface area (Å²) in [6.07, 6.45) is 0. The summed E-state index contributed by atoms with van der Waals surface area (Å²) in [6.45, 7) is 2.24. The van der Waals surface area contributed by atoms with E-state index >= 15 is 0 Å². The molecule has 1 N–H and O–H groups in total. The van der Waals surface area contributed by atoms with Crippen LogP contribution in [0.1, 0.15) is 17.3 Å². The van der Waals surface area contributed by atoms with E-state index in [1.807, 2.05) is 0 Å². The maximum absolute atomic E-state index is 12.1. The van der Waals surface area contributed by atoms with E-state index in [9.17, 15) is 4.79 Å². The molecule has 0 atom stereocenters. The Balaban J connectivity index is 1.96. The summed E-state index contributed by atoms with van der Waals surface area (Å²) < 4.78 is 6.80. The number of methoxy groups -OCH3 is 1. The fourth-order valence-electron chi connectivity index (χ4n) is 1.56. The number of halogens is 1. The van der Waals surface area contributed by atoms with Crippen LogP contribution in [0.5, 0.6) is 5.75 Å². The number of carbonyl (C=O) groups is 1. The lowest BCUT2D eigenvalue weighted by Gasteiger charge is -2.06. The van der Waals surface area contributed by atoms with Crippen LogP contribution in [0, 0.1) is 0 Å². The third-order valence-corrected chi connectivity index (χ3v) is 5.06. The number of rotatable bonds is 7. The predicted molar refractivity (Wildman–Crippen MR) is 89.8 cm³/mol. The number of thioether (sulfide) groups is 1.